The van der Waals surface area contributed by atoms with Gasteiger partial charge in [-0.05, 0) is 29.9 Å². The van der Waals surface area contributed by atoms with Crippen molar-refractivity contribution in [3.05, 3.63) is 35.4 Å². The summed E-state index contributed by atoms with van der Waals surface area (Å²) >= 11 is 5.41. The number of thiocarbonyl (C=S) groups is 1. The zero-order chi connectivity index (χ0) is 18.5. The van der Waals surface area contributed by atoms with E-state index in [1.165, 1.54) is 9.69 Å². The fraction of sp³-hybridized carbons (Fsp3) is 0.312. The first-order chi connectivity index (χ1) is 12.6. The van der Waals surface area contributed by atoms with E-state index in [0.29, 0.717) is 42.9 Å². The summed E-state index contributed by atoms with van der Waals surface area (Å²) in [5.41, 5.74) is 7.40. The zero-order valence-corrected chi connectivity index (χ0v) is 15.1. The summed E-state index contributed by atoms with van der Waals surface area (Å²) in [5.74, 6) is 0.731. The van der Waals surface area contributed by atoms with Crippen LogP contribution in [-0.2, 0) is 4.74 Å². The van der Waals surface area contributed by atoms with E-state index in [0.717, 1.165) is 5.56 Å². The summed E-state index contributed by atoms with van der Waals surface area (Å²) in [6.07, 6.45) is 1.64. The number of nitriles is 1. The molecule has 134 valence electrons. The molecule has 0 radical (unpaired) electrons. The summed E-state index contributed by atoms with van der Waals surface area (Å²) in [6, 6.07) is 9.14. The van der Waals surface area contributed by atoms with Crippen LogP contribution in [0.3, 0.4) is 0 Å². The summed E-state index contributed by atoms with van der Waals surface area (Å²) < 4.78 is 6.71. The van der Waals surface area contributed by atoms with Gasteiger partial charge < -0.3 is 15.4 Å². The number of ether oxygens (including phenoxy) is 1. The van der Waals surface area contributed by atoms with E-state index in [9.17, 15) is 0 Å². The first kappa shape index (κ1) is 17.8. The molecule has 2 heterocycles. The van der Waals surface area contributed by atoms with E-state index in [1.807, 2.05) is 4.90 Å². The number of nitrogens with two attached hydrogens (primary N) is 1. The third kappa shape index (κ3) is 3.96. The number of morpholine rings is 1. The lowest BCUT2D eigenvalue weighted by Gasteiger charge is -2.25. The molecule has 0 bridgehead atoms. The summed E-state index contributed by atoms with van der Waals surface area (Å²) in [6.45, 7) is 2.69. The quantitative estimate of drug-likeness (QED) is 0.477. The topological polar surface area (TPSA) is 109 Å². The molecule has 1 aromatic carbocycles. The molecule has 1 saturated heterocycles. The van der Waals surface area contributed by atoms with E-state index in [-0.39, 0.29) is 5.95 Å². The number of rotatable bonds is 3. The average Bonchev–Trinajstić information content (AvgIpc) is 3.08. The molecule has 1 aliphatic rings. The Balaban J connectivity index is 1.70. The summed E-state index contributed by atoms with van der Waals surface area (Å²) in [4.78, 5) is 6.28. The van der Waals surface area contributed by atoms with Gasteiger partial charge >= 0.3 is 0 Å². The first-order valence-electron chi connectivity index (χ1n) is 7.96. The highest BCUT2D eigenvalue weighted by Crippen LogP contribution is 2.13. The molecule has 1 fully saturated rings. The number of nitrogens with zero attached hydrogens (tertiary/aromatic N) is 7. The number of anilines is 2. The highest BCUT2D eigenvalue weighted by Gasteiger charge is 2.20. The Bertz CT molecular complexity index is 848. The molecule has 0 unspecified atom stereocenters. The van der Waals surface area contributed by atoms with Crippen LogP contribution in [0.5, 0.6) is 0 Å². The minimum Gasteiger partial charge on any atom is -0.378 e. The van der Waals surface area contributed by atoms with Gasteiger partial charge in [-0.3, -0.25) is 0 Å². The van der Waals surface area contributed by atoms with Crippen LogP contribution >= 0.6 is 12.2 Å². The monoisotopic (exact) mass is 370 g/mol. The maximum Gasteiger partial charge on any atom is 0.247 e. The lowest BCUT2D eigenvalue weighted by molar-refractivity contribution is 0.122. The van der Waals surface area contributed by atoms with Crippen LogP contribution in [0.1, 0.15) is 11.1 Å². The van der Waals surface area contributed by atoms with Crippen molar-refractivity contribution in [1.82, 2.24) is 19.8 Å². The fourth-order valence-electron chi connectivity index (χ4n) is 2.33. The van der Waals surface area contributed by atoms with Crippen LogP contribution in [0, 0.1) is 11.3 Å². The van der Waals surface area contributed by atoms with Crippen LogP contribution in [0.25, 0.3) is 0 Å². The SMILES string of the molecule is CN(/N=C/c1ccc(C#N)cc1)C(=S)n1nc(N2CCOCC2)nc1N. The number of hydrazone groups is 1. The predicted octanol–water partition coefficient (Wildman–Crippen LogP) is 0.667. The highest BCUT2D eigenvalue weighted by atomic mass is 32.1. The Morgan fingerprint density at radius 2 is 2.08 bits per heavy atom. The Morgan fingerprint density at radius 3 is 2.73 bits per heavy atom. The molecule has 0 atom stereocenters. The molecule has 9 nitrogen and oxygen atoms in total. The van der Waals surface area contributed by atoms with Gasteiger partial charge in [-0.2, -0.15) is 20.0 Å². The number of hydrogen-bond donors (Lipinski definition) is 1. The molecule has 0 saturated carbocycles. The molecule has 1 aliphatic heterocycles. The second-order valence-corrected chi connectivity index (χ2v) is 5.93. The van der Waals surface area contributed by atoms with Gasteiger partial charge in [0.15, 0.2) is 0 Å². The van der Waals surface area contributed by atoms with Crippen molar-refractivity contribution in [2.24, 2.45) is 5.10 Å². The lowest BCUT2D eigenvalue weighted by Crippen LogP contribution is -2.37. The molecule has 0 spiro atoms. The second kappa shape index (κ2) is 7.90. The Hall–Kier alpha value is -3.03. The van der Waals surface area contributed by atoms with Gasteiger partial charge in [-0.1, -0.05) is 12.1 Å². The number of hydrogen-bond acceptors (Lipinski definition) is 8. The molecule has 1 aromatic heterocycles. The van der Waals surface area contributed by atoms with E-state index >= 15 is 0 Å². The third-order valence-electron chi connectivity index (χ3n) is 3.79. The lowest BCUT2D eigenvalue weighted by atomic mass is 10.2. The Kier molecular flexibility index (Phi) is 5.40. The Morgan fingerprint density at radius 1 is 1.38 bits per heavy atom. The molecule has 2 aromatic rings. The van der Waals surface area contributed by atoms with Gasteiger partial charge in [0.2, 0.25) is 17.0 Å². The average molecular weight is 370 g/mol. The van der Waals surface area contributed by atoms with E-state index in [1.54, 1.807) is 37.5 Å². The highest BCUT2D eigenvalue weighted by molar-refractivity contribution is 7.80. The maximum absolute atomic E-state index is 8.82. The van der Waals surface area contributed by atoms with Crippen molar-refractivity contribution >= 4 is 35.4 Å². The molecule has 0 amide bonds. The van der Waals surface area contributed by atoms with Gasteiger partial charge in [-0.15, -0.1) is 5.10 Å². The normalized spacial score (nSPS) is 14.4. The smallest absolute Gasteiger partial charge is 0.247 e. The van der Waals surface area contributed by atoms with Gasteiger partial charge in [0, 0.05) is 20.1 Å². The van der Waals surface area contributed by atoms with Crippen molar-refractivity contribution in [3.63, 3.8) is 0 Å². The first-order valence-corrected chi connectivity index (χ1v) is 8.37. The molecule has 3 rings (SSSR count). The minimum atomic E-state index is 0.205. The van der Waals surface area contributed by atoms with Crippen LogP contribution < -0.4 is 10.6 Å². The van der Waals surface area contributed by atoms with Crippen molar-refractivity contribution < 1.29 is 4.74 Å². The van der Waals surface area contributed by atoms with Gasteiger partial charge in [0.05, 0.1) is 31.1 Å². The van der Waals surface area contributed by atoms with Gasteiger partial charge in [-0.25, -0.2) is 5.01 Å². The Labute approximate surface area is 156 Å². The number of nitrogen functional groups attached to an aromatic ring is 1. The maximum atomic E-state index is 8.82. The van der Waals surface area contributed by atoms with Crippen molar-refractivity contribution in [2.45, 2.75) is 0 Å². The predicted molar refractivity (Wildman–Crippen MR) is 102 cm³/mol. The van der Waals surface area contributed by atoms with Crippen molar-refractivity contribution in [3.8, 4) is 6.07 Å². The molecule has 10 heteroatoms. The second-order valence-electron chi connectivity index (χ2n) is 5.57. The fourth-order valence-corrected chi connectivity index (χ4v) is 2.52. The third-order valence-corrected chi connectivity index (χ3v) is 4.23. The van der Waals surface area contributed by atoms with Crippen molar-refractivity contribution in [2.75, 3.05) is 44.0 Å². The molecular weight excluding hydrogens is 352 g/mol. The molecule has 26 heavy (non-hydrogen) atoms. The molecule has 0 aliphatic carbocycles. The number of aromatic nitrogens is 3. The van der Waals surface area contributed by atoms with Gasteiger partial charge in [0.1, 0.15) is 0 Å². The summed E-state index contributed by atoms with van der Waals surface area (Å²) in [7, 11) is 1.71. The molecular formula is C16H18N8OS. The van der Waals surface area contributed by atoms with Crippen molar-refractivity contribution in [1.29, 1.82) is 5.26 Å². The number of benzene rings is 1. The largest absolute Gasteiger partial charge is 0.378 e. The van der Waals surface area contributed by atoms with Gasteiger partial charge in [0.25, 0.3) is 0 Å². The summed E-state index contributed by atoms with van der Waals surface area (Å²) in [5, 5.41) is 19.3. The van der Waals surface area contributed by atoms with Crippen LogP contribution in [0.2, 0.25) is 0 Å². The molecule has 2 N–H and O–H groups in total. The van der Waals surface area contributed by atoms with E-state index in [2.05, 4.69) is 21.3 Å². The van der Waals surface area contributed by atoms with E-state index in [4.69, 9.17) is 28.0 Å². The minimum absolute atomic E-state index is 0.205. The van der Waals surface area contributed by atoms with E-state index < -0.39 is 0 Å². The standard InChI is InChI=1S/C16H18N8OS/c1-22(19-11-13-4-2-12(10-17)3-5-13)16(26)24-14(18)20-15(21-24)23-6-8-25-9-7-23/h2-5,11H,6-9H2,1H3,(H2,18,20,21)/b19-11+. The van der Waals surface area contributed by atoms with Crippen LogP contribution in [-0.4, -0.2) is 64.5 Å². The van der Waals surface area contributed by atoms with Crippen LogP contribution in [0.4, 0.5) is 11.9 Å². The zero-order valence-electron chi connectivity index (χ0n) is 14.2. The van der Waals surface area contributed by atoms with Crippen LogP contribution in [0.15, 0.2) is 29.4 Å².